The first-order chi connectivity index (χ1) is 11.0. The van der Waals surface area contributed by atoms with Gasteiger partial charge in [-0.2, -0.15) is 0 Å². The van der Waals surface area contributed by atoms with E-state index in [1.807, 2.05) is 4.90 Å². The Kier molecular flexibility index (Phi) is 4.12. The number of piperidine rings is 1. The van der Waals surface area contributed by atoms with Crippen LogP contribution in [0, 0.1) is 11.7 Å². The number of primary amides is 1. The van der Waals surface area contributed by atoms with Crippen molar-refractivity contribution in [3.8, 4) is 0 Å². The molecule has 23 heavy (non-hydrogen) atoms. The highest BCUT2D eigenvalue weighted by atomic mass is 19.1. The fourth-order valence-corrected chi connectivity index (χ4v) is 3.28. The average molecular weight is 319 g/mol. The molecule has 0 unspecified atom stereocenters. The van der Waals surface area contributed by atoms with E-state index >= 15 is 0 Å². The molecule has 3 rings (SSSR count). The van der Waals surface area contributed by atoms with Crippen molar-refractivity contribution in [2.24, 2.45) is 11.7 Å². The monoisotopic (exact) mass is 319 g/mol. The quantitative estimate of drug-likeness (QED) is 0.829. The van der Waals surface area contributed by atoms with Gasteiger partial charge in [-0.05, 0) is 43.7 Å². The van der Waals surface area contributed by atoms with Gasteiger partial charge in [-0.3, -0.25) is 19.3 Å². The lowest BCUT2D eigenvalue weighted by atomic mass is 9.96. The zero-order valence-corrected chi connectivity index (χ0v) is 12.6. The fourth-order valence-electron chi connectivity index (χ4n) is 3.28. The molecule has 0 bridgehead atoms. The van der Waals surface area contributed by atoms with Gasteiger partial charge >= 0.3 is 0 Å². The maximum atomic E-state index is 13.0. The first-order valence-corrected chi connectivity index (χ1v) is 7.63. The Balaban J connectivity index is 1.78. The third-order valence-corrected chi connectivity index (χ3v) is 4.50. The Morgan fingerprint density at radius 1 is 1.22 bits per heavy atom. The van der Waals surface area contributed by atoms with Crippen LogP contribution in [0.15, 0.2) is 24.3 Å². The van der Waals surface area contributed by atoms with Crippen LogP contribution in [0.4, 0.5) is 10.1 Å². The van der Waals surface area contributed by atoms with Gasteiger partial charge in [-0.1, -0.05) is 0 Å². The van der Waals surface area contributed by atoms with Crippen LogP contribution >= 0.6 is 0 Å². The van der Waals surface area contributed by atoms with E-state index in [2.05, 4.69) is 0 Å². The number of halogens is 1. The predicted molar refractivity (Wildman–Crippen MR) is 80.8 cm³/mol. The number of likely N-dealkylation sites (tertiary alicyclic amines) is 1. The second-order valence-electron chi connectivity index (χ2n) is 6.00. The summed E-state index contributed by atoms with van der Waals surface area (Å²) in [4.78, 5) is 39.2. The molecule has 6 nitrogen and oxygen atoms in total. The number of hydrogen-bond donors (Lipinski definition) is 1. The number of imide groups is 1. The minimum absolute atomic E-state index is 0.0711. The Morgan fingerprint density at radius 2 is 1.91 bits per heavy atom. The maximum absolute atomic E-state index is 13.0. The molecule has 2 aliphatic rings. The van der Waals surface area contributed by atoms with Crippen molar-refractivity contribution < 1.29 is 18.8 Å². The number of rotatable bonds is 3. The van der Waals surface area contributed by atoms with Gasteiger partial charge in [0.15, 0.2) is 0 Å². The predicted octanol–water partition coefficient (Wildman–Crippen LogP) is 0.655. The first-order valence-electron chi connectivity index (χ1n) is 7.63. The molecule has 0 spiro atoms. The molecule has 2 aliphatic heterocycles. The molecule has 7 heteroatoms. The molecule has 2 saturated heterocycles. The summed E-state index contributed by atoms with van der Waals surface area (Å²) in [5.74, 6) is -1.72. The maximum Gasteiger partial charge on any atom is 0.251 e. The zero-order chi connectivity index (χ0) is 16.6. The molecule has 0 saturated carbocycles. The summed E-state index contributed by atoms with van der Waals surface area (Å²) in [6.07, 6.45) is 1.55. The van der Waals surface area contributed by atoms with E-state index in [0.29, 0.717) is 25.2 Å². The molecule has 0 aromatic heterocycles. The van der Waals surface area contributed by atoms with Crippen LogP contribution in [0.5, 0.6) is 0 Å². The van der Waals surface area contributed by atoms with Gasteiger partial charge in [0, 0.05) is 6.54 Å². The normalized spacial score (nSPS) is 25.9. The Labute approximate surface area is 133 Å². The highest BCUT2D eigenvalue weighted by Crippen LogP contribution is 2.28. The first kappa shape index (κ1) is 15.6. The standard InChI is InChI=1S/C16H18FN3O3/c17-11-3-5-12(6-4-11)20-14(21)8-13(16(20)23)19-7-1-2-10(9-19)15(18)22/h3-6,10,13H,1-2,7-9H2,(H2,18,22)/t10-,13+/m0/s1. The number of hydrogen-bond acceptors (Lipinski definition) is 4. The van der Waals surface area contributed by atoms with Crippen molar-refractivity contribution in [2.45, 2.75) is 25.3 Å². The largest absolute Gasteiger partial charge is 0.369 e. The van der Waals surface area contributed by atoms with Crippen LogP contribution in [0.2, 0.25) is 0 Å². The minimum atomic E-state index is -0.574. The molecule has 0 radical (unpaired) electrons. The summed E-state index contributed by atoms with van der Waals surface area (Å²) in [5.41, 5.74) is 5.73. The molecule has 2 N–H and O–H groups in total. The summed E-state index contributed by atoms with van der Waals surface area (Å²) in [6, 6.07) is 4.68. The van der Waals surface area contributed by atoms with Gasteiger partial charge in [0.05, 0.1) is 24.1 Å². The summed E-state index contributed by atoms with van der Waals surface area (Å²) in [7, 11) is 0. The Hall–Kier alpha value is -2.28. The van der Waals surface area contributed by atoms with Crippen molar-refractivity contribution >= 4 is 23.4 Å². The molecular weight excluding hydrogens is 301 g/mol. The number of carbonyl (C=O) groups excluding carboxylic acids is 3. The highest BCUT2D eigenvalue weighted by Gasteiger charge is 2.44. The lowest BCUT2D eigenvalue weighted by Crippen LogP contribution is -2.49. The van der Waals surface area contributed by atoms with Gasteiger partial charge in [-0.25, -0.2) is 9.29 Å². The average Bonchev–Trinajstić information content (AvgIpc) is 2.83. The van der Waals surface area contributed by atoms with E-state index in [1.54, 1.807) is 0 Å². The minimum Gasteiger partial charge on any atom is -0.369 e. The van der Waals surface area contributed by atoms with Crippen LogP contribution < -0.4 is 10.6 Å². The van der Waals surface area contributed by atoms with Crippen molar-refractivity contribution in [3.63, 3.8) is 0 Å². The lowest BCUT2D eigenvalue weighted by molar-refractivity contribution is -0.127. The van der Waals surface area contributed by atoms with Crippen molar-refractivity contribution in [1.82, 2.24) is 4.90 Å². The van der Waals surface area contributed by atoms with Crippen LogP contribution in [-0.2, 0) is 14.4 Å². The number of nitrogens with two attached hydrogens (primary N) is 1. The van der Waals surface area contributed by atoms with Crippen LogP contribution in [0.3, 0.4) is 0 Å². The summed E-state index contributed by atoms with van der Waals surface area (Å²) in [5, 5.41) is 0. The molecule has 1 aromatic rings. The molecule has 1 aromatic carbocycles. The van der Waals surface area contributed by atoms with E-state index in [-0.39, 0.29) is 30.1 Å². The molecular formula is C16H18FN3O3. The number of benzene rings is 1. The summed E-state index contributed by atoms with van der Waals surface area (Å²) < 4.78 is 13.0. The number of amides is 3. The van der Waals surface area contributed by atoms with E-state index in [9.17, 15) is 18.8 Å². The topological polar surface area (TPSA) is 83.7 Å². The second kappa shape index (κ2) is 6.08. The third-order valence-electron chi connectivity index (χ3n) is 4.50. The molecule has 2 atom stereocenters. The van der Waals surface area contributed by atoms with Gasteiger partial charge in [0.2, 0.25) is 11.8 Å². The fraction of sp³-hybridized carbons (Fsp3) is 0.438. The number of anilines is 1. The Bertz CT molecular complexity index is 646. The van der Waals surface area contributed by atoms with Crippen LogP contribution in [0.25, 0.3) is 0 Å². The zero-order valence-electron chi connectivity index (χ0n) is 12.6. The van der Waals surface area contributed by atoms with Gasteiger partial charge in [-0.15, -0.1) is 0 Å². The lowest BCUT2D eigenvalue weighted by Gasteiger charge is -2.34. The Morgan fingerprint density at radius 3 is 2.57 bits per heavy atom. The smallest absolute Gasteiger partial charge is 0.251 e. The summed E-state index contributed by atoms with van der Waals surface area (Å²) >= 11 is 0. The second-order valence-corrected chi connectivity index (χ2v) is 6.00. The van der Waals surface area contributed by atoms with E-state index in [4.69, 9.17) is 5.73 Å². The highest BCUT2D eigenvalue weighted by molar-refractivity contribution is 6.22. The van der Waals surface area contributed by atoms with Crippen LogP contribution in [-0.4, -0.2) is 41.8 Å². The third kappa shape index (κ3) is 2.96. The summed E-state index contributed by atoms with van der Waals surface area (Å²) in [6.45, 7) is 1.06. The van der Waals surface area contributed by atoms with Gasteiger partial charge < -0.3 is 5.73 Å². The SMILES string of the molecule is NC(=O)[C@H]1CCCN([C@@H]2CC(=O)N(c3ccc(F)cc3)C2=O)C1. The van der Waals surface area contributed by atoms with Gasteiger partial charge in [0.1, 0.15) is 5.82 Å². The molecule has 2 fully saturated rings. The molecule has 3 amide bonds. The van der Waals surface area contributed by atoms with Crippen molar-refractivity contribution in [1.29, 1.82) is 0 Å². The number of nitrogens with zero attached hydrogens (tertiary/aromatic N) is 2. The van der Waals surface area contributed by atoms with E-state index in [1.165, 1.54) is 24.3 Å². The van der Waals surface area contributed by atoms with Crippen molar-refractivity contribution in [3.05, 3.63) is 30.1 Å². The van der Waals surface area contributed by atoms with Crippen LogP contribution in [0.1, 0.15) is 19.3 Å². The van der Waals surface area contributed by atoms with E-state index < -0.39 is 11.9 Å². The van der Waals surface area contributed by atoms with Gasteiger partial charge in [0.25, 0.3) is 5.91 Å². The van der Waals surface area contributed by atoms with E-state index in [0.717, 1.165) is 11.3 Å². The van der Waals surface area contributed by atoms with Crippen molar-refractivity contribution in [2.75, 3.05) is 18.0 Å². The molecule has 122 valence electrons. The number of carbonyl (C=O) groups is 3. The molecule has 2 heterocycles. The molecule has 0 aliphatic carbocycles.